The molecule has 1 saturated heterocycles. The number of rotatable bonds is 2. The van der Waals surface area contributed by atoms with Crippen LogP contribution in [0, 0.1) is 6.92 Å². The molecule has 2 heterocycles. The summed E-state index contributed by atoms with van der Waals surface area (Å²) in [6, 6.07) is 0.600. The Hall–Kier alpha value is -0.650. The molecule has 2 fully saturated rings. The molecule has 0 spiro atoms. The number of anilines is 1. The van der Waals surface area contributed by atoms with Gasteiger partial charge in [-0.05, 0) is 26.7 Å². The predicted octanol–water partition coefficient (Wildman–Crippen LogP) is 2.62. The highest BCUT2D eigenvalue weighted by atomic mass is 32.1. The average molecular weight is 281 g/mol. The molecule has 1 aliphatic carbocycles. The van der Waals surface area contributed by atoms with Gasteiger partial charge in [0.25, 0.3) is 0 Å². The van der Waals surface area contributed by atoms with Gasteiger partial charge in [0, 0.05) is 17.5 Å². The van der Waals surface area contributed by atoms with Crippen LogP contribution in [0.5, 0.6) is 0 Å². The summed E-state index contributed by atoms with van der Waals surface area (Å²) in [4.78, 5) is 8.44. The maximum Gasteiger partial charge on any atom is 0.186 e. The Kier molecular flexibility index (Phi) is 3.78. The molecular formula is C14H23N3OS. The number of morpholine rings is 1. The first-order chi connectivity index (χ1) is 9.16. The molecule has 19 heavy (non-hydrogen) atoms. The molecule has 106 valence electrons. The lowest BCUT2D eigenvalue weighted by Gasteiger charge is -2.43. The Bertz CT molecular complexity index is 444. The summed E-state index contributed by atoms with van der Waals surface area (Å²) in [5.74, 6) is 0. The van der Waals surface area contributed by atoms with Crippen molar-refractivity contribution < 1.29 is 4.74 Å². The number of hydrogen-bond donors (Lipinski definition) is 1. The zero-order chi connectivity index (χ0) is 13.4. The minimum atomic E-state index is 0.0782. The molecule has 1 aromatic heterocycles. The van der Waals surface area contributed by atoms with Crippen LogP contribution in [0.2, 0.25) is 0 Å². The average Bonchev–Trinajstić information content (AvgIpc) is 2.80. The number of nitrogens with zero attached hydrogens (tertiary/aromatic N) is 2. The lowest BCUT2D eigenvalue weighted by molar-refractivity contribution is -0.00869. The van der Waals surface area contributed by atoms with Gasteiger partial charge in [-0.3, -0.25) is 0 Å². The minimum absolute atomic E-state index is 0.0782. The Morgan fingerprint density at radius 3 is 2.95 bits per heavy atom. The van der Waals surface area contributed by atoms with Crippen LogP contribution in [0.25, 0.3) is 0 Å². The van der Waals surface area contributed by atoms with Crippen molar-refractivity contribution in [3.8, 4) is 0 Å². The van der Waals surface area contributed by atoms with E-state index in [1.54, 1.807) is 11.3 Å². The Morgan fingerprint density at radius 1 is 1.42 bits per heavy atom. The molecule has 0 radical (unpaired) electrons. The first-order valence-corrected chi connectivity index (χ1v) is 8.09. The van der Waals surface area contributed by atoms with Crippen molar-refractivity contribution in [3.63, 3.8) is 0 Å². The molecule has 0 aromatic carbocycles. The standard InChI is InChI=1S/C14H23N3OS/c1-9(15)13-10(2)16-14(19-13)17-7-8-18-12-6-4-3-5-11(12)17/h9,11-12H,3-8,15H2,1-2H3. The number of fused-ring (bicyclic) bond motifs is 1. The van der Waals surface area contributed by atoms with Gasteiger partial charge in [-0.15, -0.1) is 11.3 Å². The van der Waals surface area contributed by atoms with Gasteiger partial charge in [-0.1, -0.05) is 12.8 Å². The molecule has 0 amide bonds. The normalized spacial score (nSPS) is 29.1. The summed E-state index contributed by atoms with van der Waals surface area (Å²) >= 11 is 1.76. The molecule has 1 aromatic rings. The zero-order valence-corrected chi connectivity index (χ0v) is 12.6. The number of ether oxygens (including phenoxy) is 1. The molecule has 2 aliphatic rings. The minimum Gasteiger partial charge on any atom is -0.374 e. The number of thiazole rings is 1. The monoisotopic (exact) mass is 281 g/mol. The molecule has 1 saturated carbocycles. The van der Waals surface area contributed by atoms with Crippen molar-refractivity contribution >= 4 is 16.5 Å². The summed E-state index contributed by atoms with van der Waals surface area (Å²) in [5, 5.41) is 1.14. The lowest BCUT2D eigenvalue weighted by Crippen LogP contribution is -2.52. The summed E-state index contributed by atoms with van der Waals surface area (Å²) < 4.78 is 5.93. The molecule has 2 N–H and O–H groups in total. The summed E-state index contributed by atoms with van der Waals surface area (Å²) in [5.41, 5.74) is 7.11. The Balaban J connectivity index is 1.85. The Morgan fingerprint density at radius 2 is 2.21 bits per heavy atom. The second kappa shape index (κ2) is 5.38. The van der Waals surface area contributed by atoms with Crippen LogP contribution < -0.4 is 10.6 Å². The molecular weight excluding hydrogens is 258 g/mol. The van der Waals surface area contributed by atoms with Crippen LogP contribution in [0.1, 0.15) is 49.2 Å². The number of hydrogen-bond acceptors (Lipinski definition) is 5. The van der Waals surface area contributed by atoms with Crippen LogP contribution in [-0.2, 0) is 4.74 Å². The van der Waals surface area contributed by atoms with E-state index in [1.807, 2.05) is 6.92 Å². The highest BCUT2D eigenvalue weighted by molar-refractivity contribution is 7.15. The van der Waals surface area contributed by atoms with Gasteiger partial charge in [0.15, 0.2) is 5.13 Å². The highest BCUT2D eigenvalue weighted by Crippen LogP contribution is 2.36. The molecule has 5 heteroatoms. The summed E-state index contributed by atoms with van der Waals surface area (Å²) in [7, 11) is 0. The largest absolute Gasteiger partial charge is 0.374 e. The molecule has 1 aliphatic heterocycles. The van der Waals surface area contributed by atoms with Crippen molar-refractivity contribution in [2.45, 2.75) is 57.7 Å². The van der Waals surface area contributed by atoms with E-state index in [4.69, 9.17) is 15.5 Å². The number of aromatic nitrogens is 1. The van der Waals surface area contributed by atoms with Crippen molar-refractivity contribution in [1.82, 2.24) is 4.98 Å². The van der Waals surface area contributed by atoms with Gasteiger partial charge >= 0.3 is 0 Å². The zero-order valence-electron chi connectivity index (χ0n) is 11.8. The quantitative estimate of drug-likeness (QED) is 0.905. The number of aryl methyl sites for hydroxylation is 1. The van der Waals surface area contributed by atoms with E-state index in [2.05, 4.69) is 11.8 Å². The molecule has 0 bridgehead atoms. The van der Waals surface area contributed by atoms with E-state index >= 15 is 0 Å². The molecule has 3 rings (SSSR count). The van der Waals surface area contributed by atoms with Crippen molar-refractivity contribution in [2.75, 3.05) is 18.1 Å². The lowest BCUT2D eigenvalue weighted by atomic mass is 9.90. The highest BCUT2D eigenvalue weighted by Gasteiger charge is 2.35. The maximum atomic E-state index is 6.02. The van der Waals surface area contributed by atoms with Gasteiger partial charge in [0.05, 0.1) is 24.4 Å². The maximum absolute atomic E-state index is 6.02. The third-order valence-corrected chi connectivity index (χ3v) is 5.61. The van der Waals surface area contributed by atoms with Crippen LogP contribution in [-0.4, -0.2) is 30.3 Å². The first kappa shape index (κ1) is 13.3. The SMILES string of the molecule is Cc1nc(N2CCOC3CCCCC32)sc1C(C)N. The fraction of sp³-hybridized carbons (Fsp3) is 0.786. The second-order valence-electron chi connectivity index (χ2n) is 5.69. The van der Waals surface area contributed by atoms with Gasteiger partial charge in [-0.25, -0.2) is 4.98 Å². The van der Waals surface area contributed by atoms with Crippen LogP contribution in [0.15, 0.2) is 0 Å². The van der Waals surface area contributed by atoms with E-state index < -0.39 is 0 Å². The fourth-order valence-electron chi connectivity index (χ4n) is 3.27. The van der Waals surface area contributed by atoms with Gasteiger partial charge in [-0.2, -0.15) is 0 Å². The van der Waals surface area contributed by atoms with Crippen LogP contribution in [0.4, 0.5) is 5.13 Å². The fourth-order valence-corrected chi connectivity index (χ4v) is 4.38. The van der Waals surface area contributed by atoms with Gasteiger partial charge in [0.1, 0.15) is 0 Å². The topological polar surface area (TPSA) is 51.4 Å². The van der Waals surface area contributed by atoms with E-state index in [0.717, 1.165) is 24.0 Å². The van der Waals surface area contributed by atoms with Crippen LogP contribution in [0.3, 0.4) is 0 Å². The van der Waals surface area contributed by atoms with E-state index in [9.17, 15) is 0 Å². The predicted molar refractivity (Wildman–Crippen MR) is 78.8 cm³/mol. The van der Waals surface area contributed by atoms with Crippen molar-refractivity contribution in [2.24, 2.45) is 5.73 Å². The molecule has 3 atom stereocenters. The van der Waals surface area contributed by atoms with Gasteiger partial charge < -0.3 is 15.4 Å². The van der Waals surface area contributed by atoms with E-state index in [0.29, 0.717) is 12.1 Å². The first-order valence-electron chi connectivity index (χ1n) is 7.28. The molecule has 4 nitrogen and oxygen atoms in total. The van der Waals surface area contributed by atoms with Gasteiger partial charge in [0.2, 0.25) is 0 Å². The summed E-state index contributed by atoms with van der Waals surface area (Å²) in [6.45, 7) is 5.89. The summed E-state index contributed by atoms with van der Waals surface area (Å²) in [6.07, 6.45) is 5.45. The molecule has 3 unspecified atom stereocenters. The van der Waals surface area contributed by atoms with E-state index in [-0.39, 0.29) is 6.04 Å². The third-order valence-electron chi connectivity index (χ3n) is 4.21. The van der Waals surface area contributed by atoms with E-state index in [1.165, 1.54) is 30.6 Å². The Labute approximate surface area is 119 Å². The van der Waals surface area contributed by atoms with Crippen LogP contribution >= 0.6 is 11.3 Å². The number of nitrogens with two attached hydrogens (primary N) is 1. The van der Waals surface area contributed by atoms with Crippen molar-refractivity contribution in [3.05, 3.63) is 10.6 Å². The van der Waals surface area contributed by atoms with Crippen molar-refractivity contribution in [1.29, 1.82) is 0 Å². The smallest absolute Gasteiger partial charge is 0.186 e. The second-order valence-corrected chi connectivity index (χ2v) is 6.70. The third kappa shape index (κ3) is 2.51.